The molecule has 3 amide bonds. The molecular formula is C17H12ClF5N8O2. The summed E-state index contributed by atoms with van der Waals surface area (Å²) in [5.41, 5.74) is -0.175. The molecular weight excluding hydrogens is 479 g/mol. The highest BCUT2D eigenvalue weighted by atomic mass is 35.5. The normalized spacial score (nSPS) is 18.1. The Hall–Kier alpha value is -3.62. The van der Waals surface area contributed by atoms with Gasteiger partial charge in [0.1, 0.15) is 11.1 Å². The average Bonchev–Trinajstić information content (AvgIpc) is 3.24. The number of carbonyl (C=O) groups excluding carboxylic acids is 2. The maximum absolute atomic E-state index is 14.1. The van der Waals surface area contributed by atoms with Crippen LogP contribution in [0.25, 0.3) is 5.65 Å². The number of aromatic nitrogens is 5. The molecule has 16 heteroatoms. The molecule has 10 nitrogen and oxygen atoms in total. The topological polar surface area (TPSA) is 131 Å². The van der Waals surface area contributed by atoms with Crippen molar-refractivity contribution in [3.05, 3.63) is 40.6 Å². The van der Waals surface area contributed by atoms with Crippen LogP contribution in [-0.2, 0) is 5.41 Å². The van der Waals surface area contributed by atoms with Gasteiger partial charge in [-0.25, -0.2) is 23.1 Å². The van der Waals surface area contributed by atoms with Gasteiger partial charge < -0.3 is 11.1 Å². The second-order valence-corrected chi connectivity index (χ2v) is 7.66. The predicted molar refractivity (Wildman–Crippen MR) is 103 cm³/mol. The van der Waals surface area contributed by atoms with Gasteiger partial charge in [-0.2, -0.15) is 18.3 Å². The second kappa shape index (κ2) is 7.47. The SMILES string of the molecule is C[C@@]1(C(F)(F)F)CN(C(=O)Nc2cc(C(F)F)nnc2C(N)=O)c2cnc3cc(Cl)nn3c21. The molecule has 4 rings (SSSR count). The fraction of sp³-hybridized carbons (Fsp3) is 0.294. The molecule has 3 aromatic heterocycles. The number of hydrogen-bond acceptors (Lipinski definition) is 6. The third-order valence-electron chi connectivity index (χ3n) is 5.10. The molecule has 3 N–H and O–H groups in total. The summed E-state index contributed by atoms with van der Waals surface area (Å²) in [7, 11) is 0. The van der Waals surface area contributed by atoms with E-state index in [0.29, 0.717) is 11.0 Å². The maximum Gasteiger partial charge on any atom is 0.401 e. The lowest BCUT2D eigenvalue weighted by atomic mass is 9.88. The standard InChI is InChI=1S/C17H12ClF5N8O2/c1-16(17(21,22)23)5-30(8-4-25-10-3-9(18)29-31(10)12(8)16)15(33)26-6-2-7(13(19)20)27-28-11(6)14(24)32/h2-4,13H,5H2,1H3,(H2,24,32)(H,26,27,33)/t16-/m1/s1. The van der Waals surface area contributed by atoms with Crippen LogP contribution in [0, 0.1) is 0 Å². The van der Waals surface area contributed by atoms with Crippen molar-refractivity contribution in [3.8, 4) is 0 Å². The molecule has 0 spiro atoms. The van der Waals surface area contributed by atoms with Crippen LogP contribution >= 0.6 is 11.6 Å². The van der Waals surface area contributed by atoms with E-state index in [1.807, 2.05) is 0 Å². The van der Waals surface area contributed by atoms with E-state index in [1.54, 1.807) is 0 Å². The molecule has 0 unspecified atom stereocenters. The van der Waals surface area contributed by atoms with Crippen LogP contribution in [0.4, 0.5) is 38.1 Å². The highest BCUT2D eigenvalue weighted by Crippen LogP contribution is 2.50. The summed E-state index contributed by atoms with van der Waals surface area (Å²) in [5.74, 6) is -1.20. The van der Waals surface area contributed by atoms with Gasteiger partial charge in [0.05, 0.1) is 23.3 Å². The number of alkyl halides is 5. The summed E-state index contributed by atoms with van der Waals surface area (Å²) in [6, 6.07) is 0.721. The Labute approximate surface area is 185 Å². The number of hydrogen-bond donors (Lipinski definition) is 2. The first-order valence-electron chi connectivity index (χ1n) is 8.99. The largest absolute Gasteiger partial charge is 0.401 e. The summed E-state index contributed by atoms with van der Waals surface area (Å²) >= 11 is 5.82. The molecule has 0 saturated carbocycles. The monoisotopic (exact) mass is 490 g/mol. The van der Waals surface area contributed by atoms with Gasteiger partial charge >= 0.3 is 12.2 Å². The van der Waals surface area contributed by atoms with Gasteiger partial charge in [0, 0.05) is 12.6 Å². The number of fused-ring (bicyclic) bond motifs is 3. The van der Waals surface area contributed by atoms with Gasteiger partial charge in [0.15, 0.2) is 16.5 Å². The van der Waals surface area contributed by atoms with Gasteiger partial charge in [-0.1, -0.05) is 11.6 Å². The molecule has 4 heterocycles. The fourth-order valence-corrected chi connectivity index (χ4v) is 3.64. The van der Waals surface area contributed by atoms with Gasteiger partial charge in [-0.15, -0.1) is 10.2 Å². The predicted octanol–water partition coefficient (Wildman–Crippen LogP) is 3.08. The first-order chi connectivity index (χ1) is 15.3. The number of amides is 3. The van der Waals surface area contributed by atoms with E-state index in [2.05, 4.69) is 25.6 Å². The summed E-state index contributed by atoms with van der Waals surface area (Å²) in [6.07, 6.45) is -6.90. The molecule has 33 heavy (non-hydrogen) atoms. The number of carbonyl (C=O) groups is 2. The van der Waals surface area contributed by atoms with Crippen molar-refractivity contribution < 1.29 is 31.5 Å². The number of primary amides is 1. The Morgan fingerprint density at radius 2 is 1.97 bits per heavy atom. The van der Waals surface area contributed by atoms with Crippen molar-refractivity contribution in [3.63, 3.8) is 0 Å². The van der Waals surface area contributed by atoms with Crippen LogP contribution in [-0.4, -0.2) is 49.5 Å². The number of rotatable bonds is 3. The quantitative estimate of drug-likeness (QED) is 0.542. The highest BCUT2D eigenvalue weighted by Gasteiger charge is 2.60. The molecule has 0 aliphatic carbocycles. The number of nitrogens with two attached hydrogens (primary N) is 1. The van der Waals surface area contributed by atoms with Crippen molar-refractivity contribution in [2.24, 2.45) is 5.73 Å². The average molecular weight is 491 g/mol. The van der Waals surface area contributed by atoms with Crippen molar-refractivity contribution in [1.82, 2.24) is 24.8 Å². The molecule has 0 radical (unpaired) electrons. The van der Waals surface area contributed by atoms with Crippen molar-refractivity contribution in [2.45, 2.75) is 24.9 Å². The van der Waals surface area contributed by atoms with Gasteiger partial charge in [-0.05, 0) is 13.0 Å². The van der Waals surface area contributed by atoms with E-state index in [1.165, 1.54) is 6.07 Å². The molecule has 1 atom stereocenters. The Morgan fingerprint density at radius 3 is 2.58 bits per heavy atom. The van der Waals surface area contributed by atoms with Crippen molar-refractivity contribution in [1.29, 1.82) is 0 Å². The van der Waals surface area contributed by atoms with Crippen LogP contribution in [0.1, 0.15) is 35.2 Å². The van der Waals surface area contributed by atoms with Gasteiger partial charge in [0.25, 0.3) is 12.3 Å². The van der Waals surface area contributed by atoms with Gasteiger partial charge in [-0.3, -0.25) is 9.69 Å². The Morgan fingerprint density at radius 1 is 1.27 bits per heavy atom. The number of nitrogens with zero attached hydrogens (tertiary/aromatic N) is 6. The van der Waals surface area contributed by atoms with E-state index in [4.69, 9.17) is 17.3 Å². The van der Waals surface area contributed by atoms with Crippen LogP contribution in [0.15, 0.2) is 18.3 Å². The smallest absolute Gasteiger partial charge is 0.364 e. The number of nitrogens with one attached hydrogen (secondary N) is 1. The molecule has 0 bridgehead atoms. The van der Waals surface area contributed by atoms with Crippen molar-refractivity contribution >= 4 is 40.6 Å². The van der Waals surface area contributed by atoms with E-state index in [9.17, 15) is 31.5 Å². The Bertz CT molecular complexity index is 1300. The molecule has 0 saturated heterocycles. The first kappa shape index (κ1) is 22.6. The molecule has 174 valence electrons. The molecule has 0 fully saturated rings. The fourth-order valence-electron chi connectivity index (χ4n) is 3.47. The third-order valence-corrected chi connectivity index (χ3v) is 5.29. The Kier molecular flexibility index (Phi) is 5.11. The molecule has 3 aromatic rings. The summed E-state index contributed by atoms with van der Waals surface area (Å²) in [4.78, 5) is 29.2. The number of urea groups is 1. The lowest BCUT2D eigenvalue weighted by molar-refractivity contribution is -0.181. The number of anilines is 2. The number of halogens is 6. The summed E-state index contributed by atoms with van der Waals surface area (Å²) in [6.45, 7) is -0.0338. The minimum absolute atomic E-state index is 0.0207. The maximum atomic E-state index is 14.1. The van der Waals surface area contributed by atoms with Crippen LogP contribution in [0.2, 0.25) is 5.15 Å². The van der Waals surface area contributed by atoms with E-state index in [0.717, 1.165) is 17.6 Å². The molecule has 0 aromatic carbocycles. The van der Waals surface area contributed by atoms with Crippen molar-refractivity contribution in [2.75, 3.05) is 16.8 Å². The molecule has 1 aliphatic heterocycles. The summed E-state index contributed by atoms with van der Waals surface area (Å²) < 4.78 is 69.2. The minimum atomic E-state index is -4.83. The van der Waals surface area contributed by atoms with E-state index >= 15 is 0 Å². The first-order valence-corrected chi connectivity index (χ1v) is 9.37. The lowest BCUT2D eigenvalue weighted by Gasteiger charge is -2.28. The minimum Gasteiger partial charge on any atom is -0.364 e. The van der Waals surface area contributed by atoms with Crippen LogP contribution < -0.4 is 16.0 Å². The van der Waals surface area contributed by atoms with E-state index in [-0.39, 0.29) is 16.5 Å². The summed E-state index contributed by atoms with van der Waals surface area (Å²) in [5, 5.41) is 12.3. The second-order valence-electron chi connectivity index (χ2n) is 7.27. The van der Waals surface area contributed by atoms with E-state index < -0.39 is 59.3 Å². The third kappa shape index (κ3) is 3.57. The molecule has 1 aliphatic rings. The van der Waals surface area contributed by atoms with Gasteiger partial charge in [0.2, 0.25) is 0 Å². The Balaban J connectivity index is 1.81. The zero-order chi connectivity index (χ0) is 24.3. The zero-order valence-electron chi connectivity index (χ0n) is 16.4. The lowest BCUT2D eigenvalue weighted by Crippen LogP contribution is -2.46. The van der Waals surface area contributed by atoms with Crippen LogP contribution in [0.5, 0.6) is 0 Å². The van der Waals surface area contributed by atoms with Crippen LogP contribution in [0.3, 0.4) is 0 Å². The zero-order valence-corrected chi connectivity index (χ0v) is 17.1. The highest BCUT2D eigenvalue weighted by molar-refractivity contribution is 6.29.